The second-order valence-electron chi connectivity index (χ2n) is 7.19. The Hall–Kier alpha value is -2.83. The molecule has 0 saturated heterocycles. The van der Waals surface area contributed by atoms with Crippen LogP contribution < -0.4 is 5.32 Å². The summed E-state index contributed by atoms with van der Waals surface area (Å²) in [5, 5.41) is 2.83. The van der Waals surface area contributed by atoms with E-state index in [0.29, 0.717) is 29.4 Å². The summed E-state index contributed by atoms with van der Waals surface area (Å²) in [5.41, 5.74) is 1.85. The zero-order valence-electron chi connectivity index (χ0n) is 14.7. The summed E-state index contributed by atoms with van der Waals surface area (Å²) in [6, 6.07) is 6.51. The number of aromatic nitrogens is 4. The number of hydrogen-bond acceptors (Lipinski definition) is 4. The lowest BCUT2D eigenvalue weighted by Gasteiger charge is -2.17. The molecule has 3 rings (SSSR count). The first kappa shape index (κ1) is 17.0. The highest BCUT2D eigenvalue weighted by Crippen LogP contribution is 2.24. The zero-order valence-corrected chi connectivity index (χ0v) is 14.7. The molecule has 1 N–H and O–H groups in total. The van der Waals surface area contributed by atoms with Crippen LogP contribution in [0.5, 0.6) is 0 Å². The summed E-state index contributed by atoms with van der Waals surface area (Å²) in [7, 11) is 0. The fraction of sp³-hybridized carbons (Fsp3) is 0.333. The number of carbonyl (C=O) groups excluding carboxylic acids is 1. The summed E-state index contributed by atoms with van der Waals surface area (Å²) in [4.78, 5) is 25.4. The summed E-state index contributed by atoms with van der Waals surface area (Å²) in [5.74, 6) is 0.174. The van der Waals surface area contributed by atoms with Crippen molar-refractivity contribution in [3.8, 4) is 5.82 Å². The van der Waals surface area contributed by atoms with Crippen LogP contribution in [0, 0.1) is 18.2 Å². The van der Waals surface area contributed by atoms with Gasteiger partial charge < -0.3 is 0 Å². The monoisotopic (exact) mass is 341 g/mol. The number of nitrogens with zero attached hydrogens (tertiary/aromatic N) is 4. The number of nitrogens with one attached hydrogen (secondary N) is 1. The van der Waals surface area contributed by atoms with E-state index < -0.39 is 5.82 Å². The minimum atomic E-state index is -0.435. The van der Waals surface area contributed by atoms with Crippen molar-refractivity contribution in [2.24, 2.45) is 5.41 Å². The van der Waals surface area contributed by atoms with Crippen molar-refractivity contribution >= 4 is 23.0 Å². The molecule has 0 atom stereocenters. The van der Waals surface area contributed by atoms with Gasteiger partial charge in [0.15, 0.2) is 5.65 Å². The molecule has 0 unspecified atom stereocenters. The van der Waals surface area contributed by atoms with E-state index in [0.717, 1.165) is 11.9 Å². The van der Waals surface area contributed by atoms with Gasteiger partial charge in [0.05, 0.1) is 6.20 Å². The molecule has 3 aromatic heterocycles. The minimum Gasteiger partial charge on any atom is -0.296 e. The van der Waals surface area contributed by atoms with E-state index in [4.69, 9.17) is 0 Å². The first-order chi connectivity index (χ1) is 11.7. The van der Waals surface area contributed by atoms with E-state index in [2.05, 4.69) is 20.3 Å². The van der Waals surface area contributed by atoms with Crippen molar-refractivity contribution in [1.82, 2.24) is 19.5 Å². The molecule has 7 heteroatoms. The number of anilines is 1. The highest BCUT2D eigenvalue weighted by molar-refractivity contribution is 5.92. The first-order valence-corrected chi connectivity index (χ1v) is 8.01. The van der Waals surface area contributed by atoms with Crippen LogP contribution in [0.2, 0.25) is 0 Å². The Morgan fingerprint density at radius 2 is 1.96 bits per heavy atom. The molecule has 0 aliphatic rings. The highest BCUT2D eigenvalue weighted by atomic mass is 19.1. The van der Waals surface area contributed by atoms with Crippen molar-refractivity contribution < 1.29 is 9.18 Å². The van der Waals surface area contributed by atoms with Crippen LogP contribution in [-0.4, -0.2) is 25.4 Å². The third kappa shape index (κ3) is 3.81. The number of hydrogen-bond donors (Lipinski definition) is 1. The Kier molecular flexibility index (Phi) is 4.24. The summed E-state index contributed by atoms with van der Waals surface area (Å²) in [6.07, 6.45) is 1.47. The van der Waals surface area contributed by atoms with Crippen molar-refractivity contribution in [3.05, 3.63) is 42.0 Å². The van der Waals surface area contributed by atoms with Crippen molar-refractivity contribution in [3.63, 3.8) is 0 Å². The van der Waals surface area contributed by atoms with Crippen molar-refractivity contribution in [1.29, 1.82) is 0 Å². The third-order valence-electron chi connectivity index (χ3n) is 3.53. The fourth-order valence-corrected chi connectivity index (χ4v) is 2.50. The Morgan fingerprint density at radius 3 is 2.60 bits per heavy atom. The van der Waals surface area contributed by atoms with Crippen LogP contribution in [0.4, 0.5) is 10.3 Å². The molecule has 0 fully saturated rings. The zero-order chi connectivity index (χ0) is 18.2. The fourth-order valence-electron chi connectivity index (χ4n) is 2.50. The van der Waals surface area contributed by atoms with Crippen LogP contribution in [0.1, 0.15) is 32.9 Å². The van der Waals surface area contributed by atoms with Gasteiger partial charge in [0, 0.05) is 12.1 Å². The van der Waals surface area contributed by atoms with Gasteiger partial charge in [-0.3, -0.25) is 10.1 Å². The molecular formula is C18H20FN5O. The Balaban J connectivity index is 2.09. The number of halogens is 1. The topological polar surface area (TPSA) is 72.7 Å². The normalized spacial score (nSPS) is 11.7. The summed E-state index contributed by atoms with van der Waals surface area (Å²) >= 11 is 0. The lowest BCUT2D eigenvalue weighted by molar-refractivity contribution is -0.117. The number of imidazole rings is 1. The summed E-state index contributed by atoms with van der Waals surface area (Å²) < 4.78 is 14.9. The second kappa shape index (κ2) is 6.23. The maximum atomic E-state index is 13.2. The van der Waals surface area contributed by atoms with Gasteiger partial charge in [0.2, 0.25) is 11.9 Å². The van der Waals surface area contributed by atoms with Gasteiger partial charge in [-0.05, 0) is 36.6 Å². The van der Waals surface area contributed by atoms with Crippen molar-refractivity contribution in [2.45, 2.75) is 34.1 Å². The molecular weight excluding hydrogens is 321 g/mol. The molecule has 0 bridgehead atoms. The maximum Gasteiger partial charge on any atom is 0.227 e. The molecule has 6 nitrogen and oxygen atoms in total. The van der Waals surface area contributed by atoms with E-state index in [1.807, 2.05) is 39.8 Å². The molecule has 130 valence electrons. The molecule has 0 saturated carbocycles. The predicted molar refractivity (Wildman–Crippen MR) is 94.1 cm³/mol. The van der Waals surface area contributed by atoms with Crippen LogP contribution in [0.25, 0.3) is 17.0 Å². The smallest absolute Gasteiger partial charge is 0.227 e. The lowest BCUT2D eigenvalue weighted by Crippen LogP contribution is -2.21. The van der Waals surface area contributed by atoms with Crippen LogP contribution in [0.3, 0.4) is 0 Å². The number of aryl methyl sites for hydroxylation is 1. The molecule has 3 heterocycles. The Labute approximate surface area is 145 Å². The number of amides is 1. The molecule has 0 aliphatic carbocycles. The minimum absolute atomic E-state index is 0.149. The standard InChI is InChI=1S/C18H20FN5O/c1-11-5-7-13-16(21-11)24(14-8-6-12(19)10-20-14)17(22-13)23-15(25)9-18(2,3)4/h5-8,10H,9H2,1-4H3,(H,22,23,25). The van der Waals surface area contributed by atoms with E-state index >= 15 is 0 Å². The van der Waals surface area contributed by atoms with Gasteiger partial charge in [-0.15, -0.1) is 0 Å². The molecule has 0 radical (unpaired) electrons. The first-order valence-electron chi connectivity index (χ1n) is 8.01. The van der Waals surface area contributed by atoms with Gasteiger partial charge in [0.25, 0.3) is 0 Å². The van der Waals surface area contributed by atoms with Gasteiger partial charge >= 0.3 is 0 Å². The van der Waals surface area contributed by atoms with Gasteiger partial charge in [-0.25, -0.2) is 23.9 Å². The van der Waals surface area contributed by atoms with Gasteiger partial charge in [-0.2, -0.15) is 0 Å². The number of fused-ring (bicyclic) bond motifs is 1. The number of rotatable bonds is 3. The Bertz CT molecular complexity index is 925. The second-order valence-corrected chi connectivity index (χ2v) is 7.19. The van der Waals surface area contributed by atoms with E-state index in [1.165, 1.54) is 12.1 Å². The molecule has 1 amide bonds. The average molecular weight is 341 g/mol. The third-order valence-corrected chi connectivity index (χ3v) is 3.53. The molecule has 3 aromatic rings. The summed E-state index contributed by atoms with van der Waals surface area (Å²) in [6.45, 7) is 7.83. The van der Waals surface area contributed by atoms with Gasteiger partial charge in [0.1, 0.15) is 17.2 Å². The average Bonchev–Trinajstić information content (AvgIpc) is 2.83. The van der Waals surface area contributed by atoms with Crippen LogP contribution >= 0.6 is 0 Å². The highest BCUT2D eigenvalue weighted by Gasteiger charge is 2.20. The van der Waals surface area contributed by atoms with E-state index in [-0.39, 0.29) is 11.3 Å². The predicted octanol–water partition coefficient (Wildman–Crippen LogP) is 3.64. The molecule has 0 aromatic carbocycles. The van der Waals surface area contributed by atoms with E-state index in [1.54, 1.807) is 4.57 Å². The van der Waals surface area contributed by atoms with E-state index in [9.17, 15) is 9.18 Å². The van der Waals surface area contributed by atoms with Crippen molar-refractivity contribution in [2.75, 3.05) is 5.32 Å². The molecule has 0 spiro atoms. The SMILES string of the molecule is Cc1ccc2nc(NC(=O)CC(C)(C)C)n(-c3ccc(F)cn3)c2n1. The van der Waals surface area contributed by atoms with Crippen LogP contribution in [0.15, 0.2) is 30.5 Å². The number of pyridine rings is 2. The lowest BCUT2D eigenvalue weighted by atomic mass is 9.92. The Morgan fingerprint density at radius 1 is 1.20 bits per heavy atom. The molecule has 0 aliphatic heterocycles. The number of carbonyl (C=O) groups is 1. The maximum absolute atomic E-state index is 13.2. The molecule has 25 heavy (non-hydrogen) atoms. The van der Waals surface area contributed by atoms with Gasteiger partial charge in [-0.1, -0.05) is 20.8 Å². The van der Waals surface area contributed by atoms with Crippen LogP contribution in [-0.2, 0) is 4.79 Å². The largest absolute Gasteiger partial charge is 0.296 e. The quantitative estimate of drug-likeness (QED) is 0.789.